The quantitative estimate of drug-likeness (QED) is 0.784. The van der Waals surface area contributed by atoms with Crippen molar-refractivity contribution in [2.24, 2.45) is 11.8 Å². The molecule has 0 saturated heterocycles. The molecule has 21 heavy (non-hydrogen) atoms. The molecule has 0 aliphatic heterocycles. The van der Waals surface area contributed by atoms with Crippen molar-refractivity contribution in [3.8, 4) is 0 Å². The van der Waals surface area contributed by atoms with Crippen LogP contribution in [0.2, 0.25) is 5.15 Å². The van der Waals surface area contributed by atoms with Gasteiger partial charge >= 0.3 is 0 Å². The predicted octanol–water partition coefficient (Wildman–Crippen LogP) is 4.97. The van der Waals surface area contributed by atoms with Gasteiger partial charge in [0, 0.05) is 17.0 Å². The molecule has 0 radical (unpaired) electrons. The lowest BCUT2D eigenvalue weighted by Crippen LogP contribution is -2.34. The highest BCUT2D eigenvalue weighted by molar-refractivity contribution is 6.30. The van der Waals surface area contributed by atoms with Crippen molar-refractivity contribution in [3.63, 3.8) is 0 Å². The van der Waals surface area contributed by atoms with Gasteiger partial charge in [0.25, 0.3) is 0 Å². The number of halogens is 1. The number of hydrogen-bond acceptors (Lipinski definition) is 3. The van der Waals surface area contributed by atoms with Gasteiger partial charge < -0.3 is 5.32 Å². The summed E-state index contributed by atoms with van der Waals surface area (Å²) in [6, 6.07) is 0.485. The van der Waals surface area contributed by atoms with Gasteiger partial charge in [-0.3, -0.25) is 0 Å². The fourth-order valence-corrected chi connectivity index (χ4v) is 3.19. The monoisotopic (exact) mass is 309 g/mol. The molecule has 1 aliphatic rings. The molecule has 1 heterocycles. The summed E-state index contributed by atoms with van der Waals surface area (Å²) < 4.78 is 0. The van der Waals surface area contributed by atoms with Crippen molar-refractivity contribution in [3.05, 3.63) is 16.5 Å². The van der Waals surface area contributed by atoms with E-state index < -0.39 is 0 Å². The van der Waals surface area contributed by atoms with Crippen molar-refractivity contribution in [1.29, 1.82) is 0 Å². The first-order valence-electron chi connectivity index (χ1n) is 7.99. The molecule has 1 saturated carbocycles. The molecule has 118 valence electrons. The second-order valence-electron chi connectivity index (χ2n) is 7.71. The highest BCUT2D eigenvalue weighted by Gasteiger charge is 2.27. The van der Waals surface area contributed by atoms with E-state index in [1.807, 2.05) is 6.92 Å². The Morgan fingerprint density at radius 1 is 1.14 bits per heavy atom. The Morgan fingerprint density at radius 3 is 2.38 bits per heavy atom. The number of aromatic nitrogens is 2. The van der Waals surface area contributed by atoms with Crippen LogP contribution in [0.5, 0.6) is 0 Å². The third kappa shape index (κ3) is 3.88. The summed E-state index contributed by atoms with van der Waals surface area (Å²) in [6.45, 7) is 13.0. The average molecular weight is 310 g/mol. The second-order valence-corrected chi connectivity index (χ2v) is 8.07. The highest BCUT2D eigenvalue weighted by atomic mass is 35.5. The van der Waals surface area contributed by atoms with Gasteiger partial charge in [0.2, 0.25) is 0 Å². The Balaban J connectivity index is 2.25. The molecule has 3 atom stereocenters. The fourth-order valence-electron chi connectivity index (χ4n) is 3.02. The molecule has 2 rings (SSSR count). The van der Waals surface area contributed by atoms with Crippen LogP contribution in [0.4, 0.5) is 5.82 Å². The molecular formula is C17H28ClN3. The molecule has 0 amide bonds. The maximum atomic E-state index is 6.31. The Hall–Kier alpha value is -0.830. The summed E-state index contributed by atoms with van der Waals surface area (Å²) in [6.07, 6.45) is 3.77. The number of rotatable bonds is 2. The zero-order valence-electron chi connectivity index (χ0n) is 14.1. The lowest BCUT2D eigenvalue weighted by molar-refractivity contribution is 0.276. The first kappa shape index (κ1) is 16.5. The molecule has 1 aliphatic carbocycles. The molecule has 1 N–H and O–H groups in total. The maximum Gasteiger partial charge on any atom is 0.137 e. The van der Waals surface area contributed by atoms with Crippen molar-refractivity contribution in [1.82, 2.24) is 9.97 Å². The van der Waals surface area contributed by atoms with Gasteiger partial charge in [-0.25, -0.2) is 9.97 Å². The summed E-state index contributed by atoms with van der Waals surface area (Å²) in [4.78, 5) is 9.19. The lowest BCUT2D eigenvalue weighted by atomic mass is 9.80. The van der Waals surface area contributed by atoms with Crippen LogP contribution < -0.4 is 5.32 Å². The van der Waals surface area contributed by atoms with Gasteiger partial charge in [0.05, 0.1) is 0 Å². The molecule has 1 aromatic rings. The first-order valence-corrected chi connectivity index (χ1v) is 8.37. The Morgan fingerprint density at radius 2 is 1.81 bits per heavy atom. The molecule has 1 aromatic heterocycles. The maximum absolute atomic E-state index is 6.31. The van der Waals surface area contributed by atoms with Gasteiger partial charge in [-0.1, -0.05) is 46.2 Å². The number of nitrogens with one attached hydrogen (secondary N) is 1. The van der Waals surface area contributed by atoms with Crippen LogP contribution in [-0.4, -0.2) is 16.0 Å². The minimum Gasteiger partial charge on any atom is -0.367 e. The lowest BCUT2D eigenvalue weighted by Gasteiger charge is -2.34. The normalized spacial score (nSPS) is 26.7. The Bertz CT molecular complexity index is 507. The molecule has 1 fully saturated rings. The average Bonchev–Trinajstić information content (AvgIpc) is 2.36. The standard InChI is InChI=1S/C17H28ClN3/c1-10-7-8-13(11(2)9-10)19-15-12(3)14(18)20-16(21-15)17(4,5)6/h10-11,13H,7-9H2,1-6H3,(H,19,20,21). The number of nitrogens with zero attached hydrogens (tertiary/aromatic N) is 2. The topological polar surface area (TPSA) is 37.8 Å². The van der Waals surface area contributed by atoms with E-state index in [0.717, 1.165) is 23.1 Å². The van der Waals surface area contributed by atoms with Crippen LogP contribution in [0, 0.1) is 18.8 Å². The third-order valence-electron chi connectivity index (χ3n) is 4.51. The van der Waals surface area contributed by atoms with E-state index in [9.17, 15) is 0 Å². The van der Waals surface area contributed by atoms with Crippen LogP contribution >= 0.6 is 11.6 Å². The molecule has 0 aromatic carbocycles. The molecule has 3 unspecified atom stereocenters. The SMILES string of the molecule is Cc1c(Cl)nc(C(C)(C)C)nc1NC1CCC(C)CC1C. The molecule has 3 nitrogen and oxygen atoms in total. The smallest absolute Gasteiger partial charge is 0.137 e. The third-order valence-corrected chi connectivity index (χ3v) is 4.88. The predicted molar refractivity (Wildman–Crippen MR) is 90.1 cm³/mol. The minimum atomic E-state index is -0.0968. The summed E-state index contributed by atoms with van der Waals surface area (Å²) >= 11 is 6.31. The highest BCUT2D eigenvalue weighted by Crippen LogP contribution is 2.32. The van der Waals surface area contributed by atoms with E-state index in [0.29, 0.717) is 17.1 Å². The van der Waals surface area contributed by atoms with Crippen molar-refractivity contribution < 1.29 is 0 Å². The number of anilines is 1. The second kappa shape index (κ2) is 6.12. The van der Waals surface area contributed by atoms with Crippen LogP contribution in [0.3, 0.4) is 0 Å². The van der Waals surface area contributed by atoms with Crippen molar-refractivity contribution in [2.45, 2.75) is 72.3 Å². The molecular weight excluding hydrogens is 282 g/mol. The van der Waals surface area contributed by atoms with Gasteiger partial charge in [0.1, 0.15) is 16.8 Å². The van der Waals surface area contributed by atoms with Crippen LogP contribution in [0.15, 0.2) is 0 Å². The fraction of sp³-hybridized carbons (Fsp3) is 0.765. The summed E-state index contributed by atoms with van der Waals surface area (Å²) in [5.74, 6) is 3.21. The largest absolute Gasteiger partial charge is 0.367 e. The van der Waals surface area contributed by atoms with E-state index >= 15 is 0 Å². The van der Waals surface area contributed by atoms with E-state index in [4.69, 9.17) is 16.6 Å². The van der Waals surface area contributed by atoms with Gasteiger partial charge in [-0.2, -0.15) is 0 Å². The van der Waals surface area contributed by atoms with Crippen LogP contribution in [0.1, 0.15) is 65.3 Å². The summed E-state index contributed by atoms with van der Waals surface area (Å²) in [7, 11) is 0. The molecule has 0 spiro atoms. The Labute approximate surface area is 133 Å². The van der Waals surface area contributed by atoms with E-state index in [1.54, 1.807) is 0 Å². The zero-order chi connectivity index (χ0) is 15.8. The van der Waals surface area contributed by atoms with Gasteiger partial charge in [0.15, 0.2) is 0 Å². The van der Waals surface area contributed by atoms with E-state index in [2.05, 4.69) is 44.9 Å². The van der Waals surface area contributed by atoms with Gasteiger partial charge in [-0.05, 0) is 38.0 Å². The van der Waals surface area contributed by atoms with E-state index in [-0.39, 0.29) is 5.41 Å². The van der Waals surface area contributed by atoms with Crippen LogP contribution in [-0.2, 0) is 5.41 Å². The summed E-state index contributed by atoms with van der Waals surface area (Å²) in [5, 5.41) is 4.20. The Kier molecular flexibility index (Phi) is 4.82. The van der Waals surface area contributed by atoms with Crippen molar-refractivity contribution >= 4 is 17.4 Å². The zero-order valence-corrected chi connectivity index (χ0v) is 14.9. The van der Waals surface area contributed by atoms with Crippen LogP contribution in [0.25, 0.3) is 0 Å². The van der Waals surface area contributed by atoms with E-state index in [1.165, 1.54) is 19.3 Å². The number of hydrogen-bond donors (Lipinski definition) is 1. The first-order chi connectivity index (χ1) is 9.68. The summed E-state index contributed by atoms with van der Waals surface area (Å²) in [5.41, 5.74) is 0.857. The molecule has 4 heteroatoms. The van der Waals surface area contributed by atoms with Gasteiger partial charge in [-0.15, -0.1) is 0 Å². The van der Waals surface area contributed by atoms with Crippen molar-refractivity contribution in [2.75, 3.05) is 5.32 Å². The minimum absolute atomic E-state index is 0.0968. The molecule has 0 bridgehead atoms.